The lowest BCUT2D eigenvalue weighted by Crippen LogP contribution is -2.48. The summed E-state index contributed by atoms with van der Waals surface area (Å²) >= 11 is 0. The molecule has 3 atom stereocenters. The summed E-state index contributed by atoms with van der Waals surface area (Å²) in [5, 5.41) is 0. The highest BCUT2D eigenvalue weighted by molar-refractivity contribution is 5.98. The molecule has 6 rings (SSSR count). The Labute approximate surface area is 173 Å². The quantitative estimate of drug-likeness (QED) is 0.715. The fourth-order valence-electron chi connectivity index (χ4n) is 5.34. The highest BCUT2D eigenvalue weighted by Gasteiger charge is 2.65. The number of hydrogen-bond donors (Lipinski definition) is 1. The normalized spacial score (nSPS) is 27.7. The summed E-state index contributed by atoms with van der Waals surface area (Å²) in [6.07, 6.45) is 0.806. The van der Waals surface area contributed by atoms with Crippen LogP contribution in [0.2, 0.25) is 0 Å². The van der Waals surface area contributed by atoms with Crippen molar-refractivity contribution in [2.24, 2.45) is 0 Å². The molecule has 3 aliphatic heterocycles. The smallest absolute Gasteiger partial charge is 0.254 e. The number of aromatic amines is 1. The third-order valence-corrected chi connectivity index (χ3v) is 6.71. The van der Waals surface area contributed by atoms with Gasteiger partial charge >= 0.3 is 0 Å². The van der Waals surface area contributed by atoms with Crippen LogP contribution in [0.4, 0.5) is 0 Å². The van der Waals surface area contributed by atoms with E-state index in [4.69, 9.17) is 4.74 Å². The number of aromatic nitrogens is 2. The van der Waals surface area contributed by atoms with Crippen LogP contribution in [0.15, 0.2) is 48.5 Å². The number of nitrogens with zero attached hydrogens (tertiary/aromatic N) is 3. The molecule has 0 radical (unpaired) electrons. The van der Waals surface area contributed by atoms with Crippen LogP contribution >= 0.6 is 0 Å². The van der Waals surface area contributed by atoms with E-state index >= 15 is 0 Å². The molecule has 1 N–H and O–H groups in total. The topological polar surface area (TPSA) is 78.5 Å². The molecule has 0 saturated carbocycles. The lowest BCUT2D eigenvalue weighted by atomic mass is 10.1. The summed E-state index contributed by atoms with van der Waals surface area (Å²) in [6.45, 7) is 3.01. The van der Waals surface area contributed by atoms with Gasteiger partial charge in [-0.05, 0) is 30.7 Å². The predicted molar refractivity (Wildman–Crippen MR) is 110 cm³/mol. The van der Waals surface area contributed by atoms with Gasteiger partial charge in [0.15, 0.2) is 5.72 Å². The van der Waals surface area contributed by atoms with Crippen LogP contribution in [0.1, 0.15) is 40.7 Å². The first-order valence-electron chi connectivity index (χ1n) is 10.4. The van der Waals surface area contributed by atoms with E-state index in [0.717, 1.165) is 22.4 Å². The van der Waals surface area contributed by atoms with E-state index in [2.05, 4.69) is 9.97 Å². The molecule has 30 heavy (non-hydrogen) atoms. The number of benzene rings is 2. The number of fused-ring (bicyclic) bond motifs is 1. The maximum atomic E-state index is 13.4. The number of carbonyl (C=O) groups excluding carboxylic acids is 2. The van der Waals surface area contributed by atoms with Crippen LogP contribution in [0.3, 0.4) is 0 Å². The fourth-order valence-corrected chi connectivity index (χ4v) is 5.34. The number of likely N-dealkylation sites (tertiary alicyclic amines) is 1. The van der Waals surface area contributed by atoms with Gasteiger partial charge in [0.2, 0.25) is 5.91 Å². The van der Waals surface area contributed by atoms with Gasteiger partial charge in [-0.15, -0.1) is 0 Å². The summed E-state index contributed by atoms with van der Waals surface area (Å²) in [5.74, 6) is 0.820. The van der Waals surface area contributed by atoms with E-state index in [1.165, 1.54) is 0 Å². The van der Waals surface area contributed by atoms with Crippen LogP contribution in [-0.2, 0) is 9.53 Å². The Morgan fingerprint density at radius 2 is 2.07 bits per heavy atom. The number of hydrogen-bond acceptors (Lipinski definition) is 4. The van der Waals surface area contributed by atoms with E-state index in [-0.39, 0.29) is 24.0 Å². The molecule has 3 aromatic rings. The Morgan fingerprint density at radius 3 is 2.90 bits per heavy atom. The van der Waals surface area contributed by atoms with Crippen LogP contribution in [0.25, 0.3) is 11.0 Å². The van der Waals surface area contributed by atoms with Crippen LogP contribution in [0.5, 0.6) is 0 Å². The summed E-state index contributed by atoms with van der Waals surface area (Å²) in [4.78, 5) is 37.5. The first-order valence-corrected chi connectivity index (χ1v) is 10.4. The van der Waals surface area contributed by atoms with Crippen molar-refractivity contribution in [3.8, 4) is 0 Å². The van der Waals surface area contributed by atoms with Gasteiger partial charge in [-0.3, -0.25) is 9.59 Å². The molecule has 1 spiro atoms. The van der Waals surface area contributed by atoms with E-state index < -0.39 is 5.72 Å². The molecule has 0 unspecified atom stereocenters. The average Bonchev–Trinajstić information content (AvgIpc) is 3.47. The van der Waals surface area contributed by atoms with Crippen LogP contribution in [0, 0.1) is 6.92 Å². The van der Waals surface area contributed by atoms with Gasteiger partial charge < -0.3 is 19.5 Å². The SMILES string of the molecule is Cc1nc2ccc(C(=O)N3CC[C@@]45O[C@@H](c6ccccc6)CN4C(=O)C[C@@H]35)cc2[nH]1. The average molecular weight is 402 g/mol. The zero-order valence-corrected chi connectivity index (χ0v) is 16.7. The number of aryl methyl sites for hydroxylation is 1. The van der Waals surface area contributed by atoms with Gasteiger partial charge in [0.1, 0.15) is 11.9 Å². The molecule has 3 saturated heterocycles. The zero-order chi connectivity index (χ0) is 20.5. The van der Waals surface area contributed by atoms with Crippen molar-refractivity contribution >= 4 is 22.8 Å². The fraction of sp³-hybridized carbons (Fsp3) is 0.348. The molecule has 0 aliphatic carbocycles. The minimum absolute atomic E-state index is 0.0626. The second-order valence-corrected chi connectivity index (χ2v) is 8.39. The van der Waals surface area contributed by atoms with Crippen molar-refractivity contribution in [2.75, 3.05) is 13.1 Å². The second kappa shape index (κ2) is 6.15. The summed E-state index contributed by atoms with van der Waals surface area (Å²) in [7, 11) is 0. The Bertz CT molecular complexity index is 1170. The second-order valence-electron chi connectivity index (χ2n) is 8.39. The molecule has 0 bridgehead atoms. The third kappa shape index (κ3) is 2.38. The largest absolute Gasteiger partial charge is 0.343 e. The number of nitrogens with one attached hydrogen (secondary N) is 1. The van der Waals surface area contributed by atoms with Crippen molar-refractivity contribution in [1.29, 1.82) is 0 Å². The Balaban J connectivity index is 1.31. The Hall–Kier alpha value is -3.19. The summed E-state index contributed by atoms with van der Waals surface area (Å²) in [6, 6.07) is 15.3. The number of ether oxygens (including phenoxy) is 1. The zero-order valence-electron chi connectivity index (χ0n) is 16.7. The molecule has 3 aliphatic rings. The molecule has 7 nitrogen and oxygen atoms in total. The maximum absolute atomic E-state index is 13.4. The molecule has 7 heteroatoms. The lowest BCUT2D eigenvalue weighted by molar-refractivity contribution is -0.138. The summed E-state index contributed by atoms with van der Waals surface area (Å²) in [5.41, 5.74) is 2.65. The van der Waals surface area contributed by atoms with Crippen molar-refractivity contribution < 1.29 is 14.3 Å². The third-order valence-electron chi connectivity index (χ3n) is 6.71. The minimum atomic E-state index is -0.706. The Morgan fingerprint density at radius 1 is 1.23 bits per heavy atom. The standard InChI is InChI=1S/C23H22N4O3/c1-14-24-17-8-7-16(11-18(17)25-14)22(29)26-10-9-23-20(26)12-21(28)27(23)13-19(30-23)15-5-3-2-4-6-15/h2-8,11,19-20H,9-10,12-13H2,1H3,(H,24,25)/t19-,20-,23+/m1/s1. The van der Waals surface area contributed by atoms with Gasteiger partial charge in [0.25, 0.3) is 5.91 Å². The van der Waals surface area contributed by atoms with Crippen molar-refractivity contribution in [2.45, 2.75) is 37.6 Å². The molecule has 2 amide bonds. The number of imidazole rings is 1. The monoisotopic (exact) mass is 402 g/mol. The summed E-state index contributed by atoms with van der Waals surface area (Å²) < 4.78 is 6.54. The van der Waals surface area contributed by atoms with E-state index in [1.807, 2.05) is 65.3 Å². The van der Waals surface area contributed by atoms with Gasteiger partial charge in [-0.1, -0.05) is 30.3 Å². The Kier molecular flexibility index (Phi) is 3.62. The molecule has 2 aromatic carbocycles. The maximum Gasteiger partial charge on any atom is 0.254 e. The molecular formula is C23H22N4O3. The number of amides is 2. The van der Waals surface area contributed by atoms with Gasteiger partial charge in [-0.2, -0.15) is 0 Å². The van der Waals surface area contributed by atoms with Gasteiger partial charge in [0.05, 0.1) is 30.0 Å². The van der Waals surface area contributed by atoms with Gasteiger partial charge in [-0.25, -0.2) is 4.98 Å². The first-order chi connectivity index (χ1) is 14.5. The first kappa shape index (κ1) is 17.7. The number of H-pyrrole nitrogens is 1. The molecule has 152 valence electrons. The number of rotatable bonds is 2. The minimum Gasteiger partial charge on any atom is -0.343 e. The molecule has 1 aromatic heterocycles. The van der Waals surface area contributed by atoms with E-state index in [1.54, 1.807) is 0 Å². The van der Waals surface area contributed by atoms with Crippen molar-refractivity contribution in [3.63, 3.8) is 0 Å². The molecular weight excluding hydrogens is 380 g/mol. The van der Waals surface area contributed by atoms with Crippen molar-refractivity contribution in [1.82, 2.24) is 19.8 Å². The van der Waals surface area contributed by atoms with Gasteiger partial charge in [0, 0.05) is 18.5 Å². The molecule has 3 fully saturated rings. The van der Waals surface area contributed by atoms with Crippen molar-refractivity contribution in [3.05, 3.63) is 65.5 Å². The van der Waals surface area contributed by atoms with Crippen LogP contribution in [-0.4, -0.2) is 56.4 Å². The lowest BCUT2D eigenvalue weighted by Gasteiger charge is -2.32. The highest BCUT2D eigenvalue weighted by atomic mass is 16.5. The molecule has 4 heterocycles. The number of carbonyl (C=O) groups is 2. The predicted octanol–water partition coefficient (Wildman–Crippen LogP) is 2.79. The van der Waals surface area contributed by atoms with E-state index in [9.17, 15) is 9.59 Å². The highest BCUT2D eigenvalue weighted by Crippen LogP contribution is 2.50. The van der Waals surface area contributed by atoms with E-state index in [0.29, 0.717) is 31.5 Å². The van der Waals surface area contributed by atoms with Crippen LogP contribution < -0.4 is 0 Å².